The van der Waals surface area contributed by atoms with Crippen molar-refractivity contribution in [2.24, 2.45) is 11.7 Å². The predicted octanol–water partition coefficient (Wildman–Crippen LogP) is 2.94. The molecule has 0 spiro atoms. The van der Waals surface area contributed by atoms with Gasteiger partial charge in [0.15, 0.2) is 0 Å². The Balaban J connectivity index is 2.78. The van der Waals surface area contributed by atoms with E-state index in [0.717, 1.165) is 6.42 Å². The molecule has 1 amide bonds. The zero-order valence-corrected chi connectivity index (χ0v) is 11.7. The predicted molar refractivity (Wildman–Crippen MR) is 76.5 cm³/mol. The smallest absolute Gasteiger partial charge is 0.226 e. The van der Waals surface area contributed by atoms with E-state index < -0.39 is 0 Å². The van der Waals surface area contributed by atoms with E-state index in [0.29, 0.717) is 37.5 Å². The van der Waals surface area contributed by atoms with Crippen molar-refractivity contribution in [2.75, 3.05) is 18.0 Å². The van der Waals surface area contributed by atoms with Crippen molar-refractivity contribution in [3.8, 4) is 0 Å². The largest absolute Gasteiger partial charge is 0.330 e. The summed E-state index contributed by atoms with van der Waals surface area (Å²) in [5.74, 6) is 0.187. The minimum Gasteiger partial charge on any atom is -0.330 e. The number of nitrogens with zero attached hydrogens (tertiary/aromatic N) is 1. The molecule has 0 saturated carbocycles. The number of amides is 1. The van der Waals surface area contributed by atoms with Crippen molar-refractivity contribution in [1.29, 1.82) is 0 Å². The van der Waals surface area contributed by atoms with Crippen LogP contribution in [0, 0.1) is 11.7 Å². The Bertz CT molecular complexity index is 407. The van der Waals surface area contributed by atoms with Crippen LogP contribution in [-0.2, 0) is 4.79 Å². The first kappa shape index (κ1) is 15.6. The molecule has 2 N–H and O–H groups in total. The van der Waals surface area contributed by atoms with Gasteiger partial charge in [-0.15, -0.1) is 0 Å². The summed E-state index contributed by atoms with van der Waals surface area (Å²) >= 11 is 0. The maximum atomic E-state index is 13.3. The summed E-state index contributed by atoms with van der Waals surface area (Å²) in [6.07, 6.45) is 2.04. The summed E-state index contributed by atoms with van der Waals surface area (Å²) in [5.41, 5.74) is 6.11. The van der Waals surface area contributed by atoms with Gasteiger partial charge in [0.05, 0.1) is 0 Å². The molecular weight excluding hydrogens is 243 g/mol. The van der Waals surface area contributed by atoms with E-state index in [-0.39, 0.29) is 11.7 Å². The first-order chi connectivity index (χ1) is 9.04. The molecule has 106 valence electrons. The van der Waals surface area contributed by atoms with Crippen LogP contribution in [0.4, 0.5) is 10.1 Å². The molecule has 0 bridgehead atoms. The van der Waals surface area contributed by atoms with Crippen LogP contribution in [-0.4, -0.2) is 19.0 Å². The van der Waals surface area contributed by atoms with Gasteiger partial charge in [0.1, 0.15) is 5.82 Å². The van der Waals surface area contributed by atoms with E-state index in [4.69, 9.17) is 5.73 Å². The summed E-state index contributed by atoms with van der Waals surface area (Å²) in [7, 11) is 0. The molecule has 3 nitrogen and oxygen atoms in total. The number of benzene rings is 1. The second-order valence-electron chi connectivity index (χ2n) is 5.10. The number of carbonyl (C=O) groups is 1. The molecule has 0 unspecified atom stereocenters. The number of rotatable bonds is 7. The Morgan fingerprint density at radius 2 is 2.16 bits per heavy atom. The van der Waals surface area contributed by atoms with Gasteiger partial charge >= 0.3 is 0 Å². The Morgan fingerprint density at radius 1 is 1.42 bits per heavy atom. The molecule has 0 atom stereocenters. The van der Waals surface area contributed by atoms with Gasteiger partial charge in [-0.2, -0.15) is 0 Å². The van der Waals surface area contributed by atoms with Crippen LogP contribution in [0.3, 0.4) is 0 Å². The summed E-state index contributed by atoms with van der Waals surface area (Å²) in [4.78, 5) is 13.9. The molecule has 0 aliphatic heterocycles. The first-order valence-electron chi connectivity index (χ1n) is 6.80. The van der Waals surface area contributed by atoms with E-state index in [2.05, 4.69) is 13.8 Å². The molecule has 0 aromatic heterocycles. The van der Waals surface area contributed by atoms with Crippen molar-refractivity contribution in [2.45, 2.75) is 33.1 Å². The van der Waals surface area contributed by atoms with E-state index >= 15 is 0 Å². The number of hydrogen-bond donors (Lipinski definition) is 1. The van der Waals surface area contributed by atoms with Crippen molar-refractivity contribution >= 4 is 11.6 Å². The summed E-state index contributed by atoms with van der Waals surface area (Å²) in [6, 6.07) is 6.15. The van der Waals surface area contributed by atoms with E-state index in [1.54, 1.807) is 17.0 Å². The maximum absolute atomic E-state index is 13.3. The third-order valence-corrected chi connectivity index (χ3v) is 2.94. The third-order valence-electron chi connectivity index (χ3n) is 2.94. The lowest BCUT2D eigenvalue weighted by Gasteiger charge is -2.23. The van der Waals surface area contributed by atoms with Gasteiger partial charge in [-0.05, 0) is 43.5 Å². The molecular formula is C15H23FN2O. The van der Waals surface area contributed by atoms with Crippen molar-refractivity contribution in [3.05, 3.63) is 30.1 Å². The molecule has 1 aromatic rings. The number of nitrogens with two attached hydrogens (primary N) is 1. The van der Waals surface area contributed by atoms with Crippen LogP contribution in [0.2, 0.25) is 0 Å². The average Bonchev–Trinajstić information content (AvgIpc) is 2.37. The van der Waals surface area contributed by atoms with Gasteiger partial charge < -0.3 is 10.6 Å². The van der Waals surface area contributed by atoms with Crippen LogP contribution >= 0.6 is 0 Å². The van der Waals surface area contributed by atoms with Gasteiger partial charge in [0.25, 0.3) is 0 Å². The van der Waals surface area contributed by atoms with Gasteiger partial charge in [0, 0.05) is 18.7 Å². The lowest BCUT2D eigenvalue weighted by molar-refractivity contribution is -0.118. The monoisotopic (exact) mass is 266 g/mol. The molecule has 0 aliphatic carbocycles. The number of hydrogen-bond acceptors (Lipinski definition) is 2. The highest BCUT2D eigenvalue weighted by molar-refractivity contribution is 5.93. The number of anilines is 1. The van der Waals surface area contributed by atoms with E-state index in [9.17, 15) is 9.18 Å². The van der Waals surface area contributed by atoms with Crippen LogP contribution in [0.1, 0.15) is 33.1 Å². The minimum atomic E-state index is -0.327. The van der Waals surface area contributed by atoms with Crippen molar-refractivity contribution < 1.29 is 9.18 Å². The number of carbonyl (C=O) groups excluding carboxylic acids is 1. The molecule has 0 fully saturated rings. The standard InChI is InChI=1S/C15H23FN2O/c1-12(2)7-8-15(19)18(10-4-9-17)14-6-3-5-13(16)11-14/h3,5-6,11-12H,4,7-10,17H2,1-2H3. The summed E-state index contributed by atoms with van der Waals surface area (Å²) in [6.45, 7) is 5.22. The fourth-order valence-electron chi connectivity index (χ4n) is 1.84. The SMILES string of the molecule is CC(C)CCC(=O)N(CCCN)c1cccc(F)c1. The highest BCUT2D eigenvalue weighted by Gasteiger charge is 2.15. The zero-order valence-electron chi connectivity index (χ0n) is 11.7. The van der Waals surface area contributed by atoms with Gasteiger partial charge in [0.2, 0.25) is 5.91 Å². The molecule has 1 aromatic carbocycles. The molecule has 0 saturated heterocycles. The Labute approximate surface area is 114 Å². The normalized spacial score (nSPS) is 10.8. The number of halogens is 1. The fraction of sp³-hybridized carbons (Fsp3) is 0.533. The Hall–Kier alpha value is -1.42. The highest BCUT2D eigenvalue weighted by atomic mass is 19.1. The second kappa shape index (κ2) is 7.89. The van der Waals surface area contributed by atoms with Gasteiger partial charge in [-0.25, -0.2) is 4.39 Å². The first-order valence-corrected chi connectivity index (χ1v) is 6.80. The van der Waals surface area contributed by atoms with Crippen LogP contribution < -0.4 is 10.6 Å². The summed E-state index contributed by atoms with van der Waals surface area (Å²) in [5, 5.41) is 0. The maximum Gasteiger partial charge on any atom is 0.226 e. The van der Waals surface area contributed by atoms with Crippen LogP contribution in [0.15, 0.2) is 24.3 Å². The van der Waals surface area contributed by atoms with Gasteiger partial charge in [-0.3, -0.25) is 4.79 Å². The lowest BCUT2D eigenvalue weighted by Crippen LogP contribution is -2.33. The van der Waals surface area contributed by atoms with Crippen molar-refractivity contribution in [1.82, 2.24) is 0 Å². The summed E-state index contributed by atoms with van der Waals surface area (Å²) < 4.78 is 13.3. The van der Waals surface area contributed by atoms with Crippen LogP contribution in [0.5, 0.6) is 0 Å². The van der Waals surface area contributed by atoms with E-state index in [1.807, 2.05) is 0 Å². The molecule has 4 heteroatoms. The Morgan fingerprint density at radius 3 is 2.74 bits per heavy atom. The fourth-order valence-corrected chi connectivity index (χ4v) is 1.84. The molecule has 0 radical (unpaired) electrons. The quantitative estimate of drug-likeness (QED) is 0.824. The topological polar surface area (TPSA) is 46.3 Å². The Kier molecular flexibility index (Phi) is 6.50. The van der Waals surface area contributed by atoms with Crippen LogP contribution in [0.25, 0.3) is 0 Å². The lowest BCUT2D eigenvalue weighted by atomic mass is 10.1. The van der Waals surface area contributed by atoms with Gasteiger partial charge in [-0.1, -0.05) is 19.9 Å². The van der Waals surface area contributed by atoms with Crippen molar-refractivity contribution in [3.63, 3.8) is 0 Å². The minimum absolute atomic E-state index is 0.0350. The molecule has 19 heavy (non-hydrogen) atoms. The third kappa shape index (κ3) is 5.39. The highest BCUT2D eigenvalue weighted by Crippen LogP contribution is 2.18. The van der Waals surface area contributed by atoms with E-state index in [1.165, 1.54) is 12.1 Å². The average molecular weight is 266 g/mol. The molecule has 1 rings (SSSR count). The molecule has 0 aliphatic rings. The molecule has 0 heterocycles. The second-order valence-corrected chi connectivity index (χ2v) is 5.10. The zero-order chi connectivity index (χ0) is 14.3.